The zero-order chi connectivity index (χ0) is 21.7. The molecule has 0 aliphatic heterocycles. The lowest BCUT2D eigenvalue weighted by Crippen LogP contribution is -1.85. The predicted molar refractivity (Wildman–Crippen MR) is 117 cm³/mol. The molecule has 0 spiro atoms. The van der Waals surface area contributed by atoms with Crippen LogP contribution in [0.3, 0.4) is 0 Å². The fraction of sp³-hybridized carbons (Fsp3) is 0. The summed E-state index contributed by atoms with van der Waals surface area (Å²) in [4.78, 5) is 20.2. The molecular formula is C23H14FN7O. The largest absolute Gasteiger partial charge is 0.508 e. The number of rotatable bonds is 3. The van der Waals surface area contributed by atoms with Crippen molar-refractivity contribution in [2.75, 3.05) is 0 Å². The van der Waals surface area contributed by atoms with E-state index < -0.39 is 5.82 Å². The van der Waals surface area contributed by atoms with Gasteiger partial charge in [-0.1, -0.05) is 0 Å². The average Bonchev–Trinajstić information content (AvgIpc) is 3.42. The van der Waals surface area contributed by atoms with E-state index in [1.54, 1.807) is 31.0 Å². The van der Waals surface area contributed by atoms with Crippen molar-refractivity contribution in [1.29, 1.82) is 0 Å². The highest BCUT2D eigenvalue weighted by molar-refractivity contribution is 6.00. The Bertz CT molecular complexity index is 1590. The molecule has 0 unspecified atom stereocenters. The summed E-state index contributed by atoms with van der Waals surface area (Å²) < 4.78 is 13.9. The van der Waals surface area contributed by atoms with Crippen molar-refractivity contribution in [2.24, 2.45) is 0 Å². The van der Waals surface area contributed by atoms with Crippen molar-refractivity contribution in [3.05, 3.63) is 73.5 Å². The molecule has 9 heteroatoms. The van der Waals surface area contributed by atoms with E-state index in [-0.39, 0.29) is 5.75 Å². The van der Waals surface area contributed by atoms with E-state index in [1.165, 1.54) is 18.5 Å². The smallest absolute Gasteiger partial charge is 0.155 e. The minimum absolute atomic E-state index is 0.144. The molecule has 0 saturated carbocycles. The maximum absolute atomic E-state index is 13.9. The van der Waals surface area contributed by atoms with Crippen molar-refractivity contribution in [2.45, 2.75) is 0 Å². The van der Waals surface area contributed by atoms with Gasteiger partial charge in [0, 0.05) is 58.3 Å². The predicted octanol–water partition coefficient (Wildman–Crippen LogP) is 4.47. The molecule has 3 N–H and O–H groups in total. The number of phenols is 1. The number of H-pyrrole nitrogens is 2. The van der Waals surface area contributed by atoms with Crippen molar-refractivity contribution < 1.29 is 9.50 Å². The highest BCUT2D eigenvalue weighted by atomic mass is 19.1. The number of phenolic OH excluding ortho intramolecular Hbond substituents is 1. The number of hydrogen-bond donors (Lipinski definition) is 3. The number of pyridine rings is 2. The van der Waals surface area contributed by atoms with Crippen LogP contribution in [0.15, 0.2) is 67.6 Å². The van der Waals surface area contributed by atoms with Crippen LogP contribution in [-0.4, -0.2) is 40.2 Å². The molecule has 0 bridgehead atoms. The molecule has 0 atom stereocenters. The number of benzene rings is 1. The van der Waals surface area contributed by atoms with Gasteiger partial charge in [-0.3, -0.25) is 10.1 Å². The van der Waals surface area contributed by atoms with Crippen LogP contribution >= 0.6 is 0 Å². The molecule has 0 radical (unpaired) electrons. The first kappa shape index (κ1) is 18.1. The fourth-order valence-electron chi connectivity index (χ4n) is 3.85. The minimum Gasteiger partial charge on any atom is -0.508 e. The topological polar surface area (TPSA) is 116 Å². The molecule has 32 heavy (non-hydrogen) atoms. The molecule has 1 aromatic carbocycles. The molecule has 6 aromatic rings. The number of aromatic amines is 2. The molecule has 0 fully saturated rings. The van der Waals surface area contributed by atoms with Crippen LogP contribution in [0.25, 0.3) is 55.6 Å². The third kappa shape index (κ3) is 2.95. The normalized spacial score (nSPS) is 11.4. The number of halogens is 1. The number of aromatic nitrogens is 7. The Balaban J connectivity index is 1.52. The third-order valence-electron chi connectivity index (χ3n) is 5.30. The van der Waals surface area contributed by atoms with Crippen molar-refractivity contribution in [1.82, 2.24) is 35.1 Å². The maximum atomic E-state index is 13.9. The maximum Gasteiger partial charge on any atom is 0.155 e. The van der Waals surface area contributed by atoms with Gasteiger partial charge in [0.2, 0.25) is 0 Å². The Hall–Kier alpha value is -4.66. The quantitative estimate of drug-likeness (QED) is 0.387. The van der Waals surface area contributed by atoms with E-state index in [4.69, 9.17) is 0 Å². The van der Waals surface area contributed by atoms with Crippen LogP contribution < -0.4 is 0 Å². The molecule has 5 heterocycles. The van der Waals surface area contributed by atoms with Crippen LogP contribution in [0.4, 0.5) is 4.39 Å². The van der Waals surface area contributed by atoms with Gasteiger partial charge < -0.3 is 10.1 Å². The molecule has 5 aromatic heterocycles. The van der Waals surface area contributed by atoms with Crippen molar-refractivity contribution in [3.63, 3.8) is 0 Å². The van der Waals surface area contributed by atoms with Gasteiger partial charge >= 0.3 is 0 Å². The summed E-state index contributed by atoms with van der Waals surface area (Å²) in [6.07, 6.45) is 10.0. The summed E-state index contributed by atoms with van der Waals surface area (Å²) in [6, 6.07) is 7.86. The molecule has 6 rings (SSSR count). The molecule has 154 valence electrons. The zero-order valence-electron chi connectivity index (χ0n) is 16.4. The zero-order valence-corrected chi connectivity index (χ0v) is 16.4. The number of nitrogens with one attached hydrogen (secondary N) is 2. The van der Waals surface area contributed by atoms with E-state index in [0.29, 0.717) is 22.5 Å². The van der Waals surface area contributed by atoms with Gasteiger partial charge in [-0.25, -0.2) is 19.3 Å². The van der Waals surface area contributed by atoms with Crippen molar-refractivity contribution >= 4 is 21.9 Å². The summed E-state index contributed by atoms with van der Waals surface area (Å²) in [5, 5.41) is 18.9. The minimum atomic E-state index is -0.519. The van der Waals surface area contributed by atoms with Gasteiger partial charge in [-0.05, 0) is 29.8 Å². The van der Waals surface area contributed by atoms with Gasteiger partial charge in [0.25, 0.3) is 0 Å². The van der Waals surface area contributed by atoms with E-state index in [1.807, 2.05) is 12.1 Å². The highest BCUT2D eigenvalue weighted by Crippen LogP contribution is 2.35. The highest BCUT2D eigenvalue weighted by Gasteiger charge is 2.16. The molecule has 0 saturated heterocycles. The Labute approximate surface area is 179 Å². The molecule has 0 aliphatic carbocycles. The lowest BCUT2D eigenvalue weighted by Gasteiger charge is -2.04. The van der Waals surface area contributed by atoms with E-state index in [9.17, 15) is 9.50 Å². The molecule has 8 nitrogen and oxygen atoms in total. The summed E-state index contributed by atoms with van der Waals surface area (Å²) in [6.45, 7) is 0. The van der Waals surface area contributed by atoms with Gasteiger partial charge in [0.05, 0.1) is 17.4 Å². The lowest BCUT2D eigenvalue weighted by molar-refractivity contribution is 0.469. The van der Waals surface area contributed by atoms with E-state index >= 15 is 0 Å². The summed E-state index contributed by atoms with van der Waals surface area (Å²) >= 11 is 0. The van der Waals surface area contributed by atoms with Gasteiger partial charge in [-0.15, -0.1) is 0 Å². The Morgan fingerprint density at radius 2 is 1.66 bits per heavy atom. The summed E-state index contributed by atoms with van der Waals surface area (Å²) in [5.41, 5.74) is 5.80. The Morgan fingerprint density at radius 3 is 2.50 bits per heavy atom. The second-order valence-corrected chi connectivity index (χ2v) is 7.35. The van der Waals surface area contributed by atoms with Gasteiger partial charge in [-0.2, -0.15) is 5.10 Å². The van der Waals surface area contributed by atoms with Crippen LogP contribution in [0, 0.1) is 5.82 Å². The lowest BCUT2D eigenvalue weighted by atomic mass is 10.0. The van der Waals surface area contributed by atoms with E-state index in [0.717, 1.165) is 39.2 Å². The third-order valence-corrected chi connectivity index (χ3v) is 5.30. The second kappa shape index (κ2) is 6.95. The van der Waals surface area contributed by atoms with Crippen LogP contribution in [-0.2, 0) is 0 Å². The van der Waals surface area contributed by atoms with Crippen LogP contribution in [0.5, 0.6) is 5.75 Å². The fourth-order valence-corrected chi connectivity index (χ4v) is 3.85. The SMILES string of the molecule is Oc1cc(F)cc(-c2cncc3[nH]c(-c4n[nH]c5ncc(-c6cncnc6)cc45)cc23)c1. The average molecular weight is 423 g/mol. The first-order valence-corrected chi connectivity index (χ1v) is 9.72. The number of fused-ring (bicyclic) bond motifs is 2. The Kier molecular flexibility index (Phi) is 3.94. The van der Waals surface area contributed by atoms with Gasteiger partial charge in [0.15, 0.2) is 5.65 Å². The molecule has 0 aliphatic rings. The summed E-state index contributed by atoms with van der Waals surface area (Å²) in [7, 11) is 0. The standard InChI is InChI=1S/C23H14FN7O/c24-15-1-12(2-16(32)4-15)19-9-25-10-21-17(19)5-20(29-21)22-18-3-13(8-28-23(18)31-30-22)14-6-26-11-27-7-14/h1-11,29,32H,(H,28,30,31). The van der Waals surface area contributed by atoms with Crippen LogP contribution in [0.2, 0.25) is 0 Å². The van der Waals surface area contributed by atoms with Crippen LogP contribution in [0.1, 0.15) is 0 Å². The number of aromatic hydroxyl groups is 1. The van der Waals surface area contributed by atoms with E-state index in [2.05, 4.69) is 35.1 Å². The second-order valence-electron chi connectivity index (χ2n) is 7.35. The van der Waals surface area contributed by atoms with Crippen molar-refractivity contribution in [3.8, 4) is 39.4 Å². The molecular weight excluding hydrogens is 409 g/mol. The monoisotopic (exact) mass is 423 g/mol. The first-order valence-electron chi connectivity index (χ1n) is 9.72. The Morgan fingerprint density at radius 1 is 0.781 bits per heavy atom. The summed E-state index contributed by atoms with van der Waals surface area (Å²) in [5.74, 6) is -0.663. The molecule has 0 amide bonds. The number of nitrogens with zero attached hydrogens (tertiary/aromatic N) is 5. The first-order chi connectivity index (χ1) is 15.7. The van der Waals surface area contributed by atoms with Gasteiger partial charge in [0.1, 0.15) is 23.6 Å². The number of hydrogen-bond acceptors (Lipinski definition) is 6.